The van der Waals surface area contributed by atoms with Gasteiger partial charge in [0.1, 0.15) is 23.7 Å². The predicted molar refractivity (Wildman–Crippen MR) is 56.0 cm³/mol. The zero-order valence-electron chi connectivity index (χ0n) is 8.39. The van der Waals surface area contributed by atoms with Crippen LogP contribution in [0.5, 0.6) is 11.5 Å². The fourth-order valence-corrected chi connectivity index (χ4v) is 1.66. The first-order valence-electron chi connectivity index (χ1n) is 5.10. The molecule has 0 amide bonds. The van der Waals surface area contributed by atoms with E-state index in [0.717, 1.165) is 13.0 Å². The number of phenols is 1. The number of phenolic OH excluding ortho intramolecular Hbond substituents is 1. The highest BCUT2D eigenvalue weighted by molar-refractivity contribution is 5.30. The van der Waals surface area contributed by atoms with Gasteiger partial charge in [-0.25, -0.2) is 0 Å². The van der Waals surface area contributed by atoms with Gasteiger partial charge in [0, 0.05) is 6.54 Å². The number of aliphatic hydroxyl groups excluding tert-OH is 1. The first-order chi connectivity index (χ1) is 7.25. The quantitative estimate of drug-likeness (QED) is 0.663. The molecule has 1 fully saturated rings. The van der Waals surface area contributed by atoms with Crippen molar-refractivity contribution in [3.63, 3.8) is 0 Å². The van der Waals surface area contributed by atoms with Gasteiger partial charge in [-0.05, 0) is 37.2 Å². The summed E-state index contributed by atoms with van der Waals surface area (Å²) >= 11 is 0. The van der Waals surface area contributed by atoms with Gasteiger partial charge < -0.3 is 20.3 Å². The minimum atomic E-state index is -0.465. The number of hydrogen-bond donors (Lipinski definition) is 3. The molecule has 1 heterocycles. The molecular weight excluding hydrogens is 194 g/mol. The van der Waals surface area contributed by atoms with Crippen molar-refractivity contribution in [3.05, 3.63) is 24.3 Å². The molecule has 0 bridgehead atoms. The maximum absolute atomic E-state index is 9.65. The van der Waals surface area contributed by atoms with Crippen LogP contribution in [-0.4, -0.2) is 35.5 Å². The summed E-state index contributed by atoms with van der Waals surface area (Å²) < 4.78 is 5.62. The molecule has 82 valence electrons. The first-order valence-corrected chi connectivity index (χ1v) is 5.10. The lowest BCUT2D eigenvalue weighted by atomic mass is 10.1. The van der Waals surface area contributed by atoms with Crippen molar-refractivity contribution in [3.8, 4) is 11.5 Å². The largest absolute Gasteiger partial charge is 0.508 e. The van der Waals surface area contributed by atoms with Gasteiger partial charge in [0.15, 0.2) is 0 Å². The zero-order valence-corrected chi connectivity index (χ0v) is 8.39. The molecule has 0 unspecified atom stereocenters. The molecule has 1 aliphatic rings. The monoisotopic (exact) mass is 209 g/mol. The van der Waals surface area contributed by atoms with E-state index in [9.17, 15) is 5.11 Å². The maximum atomic E-state index is 9.65. The standard InChI is InChI=1S/C11H15NO3/c13-8-1-3-9(4-2-8)15-11-5-6-12-7-10(11)14/h1-4,10-14H,5-7H2/t10-,11-/m1/s1. The zero-order chi connectivity index (χ0) is 10.7. The number of aliphatic hydroxyl groups is 1. The van der Waals surface area contributed by atoms with Crippen molar-refractivity contribution in [1.29, 1.82) is 0 Å². The SMILES string of the molecule is Oc1ccc(O[C@@H]2CCNC[C@H]2O)cc1. The number of β-amino-alcohol motifs (C(OH)–C–C–N with tert-alkyl or cyclic N) is 1. The Kier molecular flexibility index (Phi) is 3.08. The van der Waals surface area contributed by atoms with Crippen LogP contribution in [0.1, 0.15) is 6.42 Å². The molecule has 1 aromatic carbocycles. The van der Waals surface area contributed by atoms with Gasteiger partial charge in [0.2, 0.25) is 0 Å². The average Bonchev–Trinajstić information content (AvgIpc) is 2.25. The Morgan fingerprint density at radius 2 is 2.00 bits per heavy atom. The van der Waals surface area contributed by atoms with Crippen molar-refractivity contribution in [2.75, 3.05) is 13.1 Å². The second-order valence-corrected chi connectivity index (χ2v) is 3.71. The molecule has 0 spiro atoms. The average molecular weight is 209 g/mol. The summed E-state index contributed by atoms with van der Waals surface area (Å²) in [7, 11) is 0. The molecular formula is C11H15NO3. The third-order valence-electron chi connectivity index (χ3n) is 2.51. The Morgan fingerprint density at radius 1 is 1.27 bits per heavy atom. The van der Waals surface area contributed by atoms with Crippen LogP contribution in [0.2, 0.25) is 0 Å². The molecule has 1 aromatic rings. The Bertz CT molecular complexity index is 312. The number of nitrogens with one attached hydrogen (secondary N) is 1. The molecule has 4 heteroatoms. The second kappa shape index (κ2) is 4.51. The summed E-state index contributed by atoms with van der Waals surface area (Å²) in [6.07, 6.45) is 0.172. The smallest absolute Gasteiger partial charge is 0.127 e. The Morgan fingerprint density at radius 3 is 2.67 bits per heavy atom. The molecule has 0 aliphatic carbocycles. The van der Waals surface area contributed by atoms with Crippen molar-refractivity contribution in [1.82, 2.24) is 5.32 Å². The Balaban J connectivity index is 1.98. The summed E-state index contributed by atoms with van der Waals surface area (Å²) in [5.74, 6) is 0.895. The Hall–Kier alpha value is -1.26. The van der Waals surface area contributed by atoms with Gasteiger partial charge in [-0.1, -0.05) is 0 Å². The summed E-state index contributed by atoms with van der Waals surface area (Å²) in [6, 6.07) is 6.54. The third-order valence-corrected chi connectivity index (χ3v) is 2.51. The van der Waals surface area contributed by atoms with E-state index in [1.165, 1.54) is 0 Å². The van der Waals surface area contributed by atoms with Crippen LogP contribution in [0, 0.1) is 0 Å². The maximum Gasteiger partial charge on any atom is 0.127 e. The Labute approximate surface area is 88.5 Å². The van der Waals surface area contributed by atoms with Gasteiger partial charge in [0.05, 0.1) is 0 Å². The lowest BCUT2D eigenvalue weighted by molar-refractivity contribution is 0.0162. The number of benzene rings is 1. The molecule has 3 N–H and O–H groups in total. The topological polar surface area (TPSA) is 61.7 Å². The molecule has 1 saturated heterocycles. The van der Waals surface area contributed by atoms with Crippen molar-refractivity contribution in [2.45, 2.75) is 18.6 Å². The number of piperidine rings is 1. The summed E-state index contributed by atoms with van der Waals surface area (Å²) in [6.45, 7) is 1.43. The highest BCUT2D eigenvalue weighted by atomic mass is 16.5. The highest BCUT2D eigenvalue weighted by Gasteiger charge is 2.24. The van der Waals surface area contributed by atoms with E-state index in [2.05, 4.69) is 5.32 Å². The van der Waals surface area contributed by atoms with Crippen LogP contribution in [0.15, 0.2) is 24.3 Å². The van der Waals surface area contributed by atoms with Crippen LogP contribution >= 0.6 is 0 Å². The fourth-order valence-electron chi connectivity index (χ4n) is 1.66. The predicted octanol–water partition coefficient (Wildman–Crippen LogP) is 0.494. The molecule has 2 atom stereocenters. The van der Waals surface area contributed by atoms with Gasteiger partial charge >= 0.3 is 0 Å². The van der Waals surface area contributed by atoms with Gasteiger partial charge in [-0.3, -0.25) is 0 Å². The summed E-state index contributed by atoms with van der Waals surface area (Å²) in [5, 5.41) is 21.8. The molecule has 1 aliphatic heterocycles. The molecule has 0 saturated carbocycles. The minimum absolute atomic E-state index is 0.157. The van der Waals surface area contributed by atoms with Crippen LogP contribution in [-0.2, 0) is 0 Å². The highest BCUT2D eigenvalue weighted by Crippen LogP contribution is 2.19. The van der Waals surface area contributed by atoms with Gasteiger partial charge in [-0.2, -0.15) is 0 Å². The van der Waals surface area contributed by atoms with E-state index in [4.69, 9.17) is 9.84 Å². The third kappa shape index (κ3) is 2.61. The van der Waals surface area contributed by atoms with Crippen molar-refractivity contribution >= 4 is 0 Å². The van der Waals surface area contributed by atoms with Crippen LogP contribution < -0.4 is 10.1 Å². The number of hydrogen-bond acceptors (Lipinski definition) is 4. The minimum Gasteiger partial charge on any atom is -0.508 e. The number of ether oxygens (including phenoxy) is 1. The molecule has 15 heavy (non-hydrogen) atoms. The number of rotatable bonds is 2. The van der Waals surface area contributed by atoms with Gasteiger partial charge in [0.25, 0.3) is 0 Å². The molecule has 0 radical (unpaired) electrons. The lowest BCUT2D eigenvalue weighted by Gasteiger charge is -2.28. The molecule has 0 aromatic heterocycles. The van der Waals surface area contributed by atoms with Crippen LogP contribution in [0.3, 0.4) is 0 Å². The fraction of sp³-hybridized carbons (Fsp3) is 0.455. The summed E-state index contributed by atoms with van der Waals surface area (Å²) in [5.41, 5.74) is 0. The number of aromatic hydroxyl groups is 1. The molecule has 4 nitrogen and oxygen atoms in total. The van der Waals surface area contributed by atoms with Crippen LogP contribution in [0.4, 0.5) is 0 Å². The summed E-state index contributed by atoms with van der Waals surface area (Å²) in [4.78, 5) is 0. The van der Waals surface area contributed by atoms with E-state index < -0.39 is 6.10 Å². The van der Waals surface area contributed by atoms with Crippen molar-refractivity contribution in [2.24, 2.45) is 0 Å². The molecule has 2 rings (SSSR count). The second-order valence-electron chi connectivity index (χ2n) is 3.71. The van der Waals surface area contributed by atoms with Gasteiger partial charge in [-0.15, -0.1) is 0 Å². The first kappa shape index (κ1) is 10.3. The van der Waals surface area contributed by atoms with E-state index >= 15 is 0 Å². The van der Waals surface area contributed by atoms with Crippen molar-refractivity contribution < 1.29 is 14.9 Å². The van der Waals surface area contributed by atoms with E-state index in [-0.39, 0.29) is 11.9 Å². The van der Waals surface area contributed by atoms with Crippen LogP contribution in [0.25, 0.3) is 0 Å². The lowest BCUT2D eigenvalue weighted by Crippen LogP contribution is -2.46. The van der Waals surface area contributed by atoms with E-state index in [1.807, 2.05) is 0 Å². The van der Waals surface area contributed by atoms with E-state index in [1.54, 1.807) is 24.3 Å². The normalized spacial score (nSPS) is 26.2. The van der Waals surface area contributed by atoms with E-state index in [0.29, 0.717) is 12.3 Å².